The number of carbonyl (C=O) groups is 1. The standard InChI is InChI=1S/C13H20FN3O2/c1-17(9-12(18)16-6-7-19-2)13-10(8-15)4-3-5-11(13)14/h3-5H,6-9,15H2,1-2H3,(H,16,18). The van der Waals surface area contributed by atoms with Crippen LogP contribution in [-0.2, 0) is 16.1 Å². The third-order valence-electron chi connectivity index (χ3n) is 2.68. The third kappa shape index (κ3) is 4.50. The molecule has 1 aromatic carbocycles. The summed E-state index contributed by atoms with van der Waals surface area (Å²) in [5.41, 5.74) is 6.62. The van der Waals surface area contributed by atoms with Gasteiger partial charge >= 0.3 is 0 Å². The molecular weight excluding hydrogens is 249 g/mol. The van der Waals surface area contributed by atoms with Gasteiger partial charge < -0.3 is 20.7 Å². The van der Waals surface area contributed by atoms with Crippen LogP contribution in [0, 0.1) is 5.82 Å². The molecule has 1 aromatic rings. The van der Waals surface area contributed by atoms with Crippen LogP contribution in [0.2, 0.25) is 0 Å². The molecule has 0 saturated carbocycles. The second kappa shape index (κ2) is 7.70. The predicted molar refractivity (Wildman–Crippen MR) is 72.4 cm³/mol. The van der Waals surface area contributed by atoms with E-state index in [-0.39, 0.29) is 24.8 Å². The minimum atomic E-state index is -0.379. The number of amides is 1. The molecule has 0 aliphatic heterocycles. The summed E-state index contributed by atoms with van der Waals surface area (Å²) in [4.78, 5) is 13.2. The predicted octanol–water partition coefficient (Wildman–Crippen LogP) is 0.483. The van der Waals surface area contributed by atoms with Crippen molar-refractivity contribution in [2.75, 3.05) is 38.8 Å². The summed E-state index contributed by atoms with van der Waals surface area (Å²) in [6, 6.07) is 4.71. The highest BCUT2D eigenvalue weighted by atomic mass is 19.1. The molecular formula is C13H20FN3O2. The highest BCUT2D eigenvalue weighted by molar-refractivity contribution is 5.81. The minimum Gasteiger partial charge on any atom is -0.383 e. The molecule has 0 spiro atoms. The van der Waals surface area contributed by atoms with Gasteiger partial charge in [0.1, 0.15) is 5.82 Å². The lowest BCUT2D eigenvalue weighted by Crippen LogP contribution is -2.37. The summed E-state index contributed by atoms with van der Waals surface area (Å²) < 4.78 is 18.6. The maximum atomic E-state index is 13.8. The van der Waals surface area contributed by atoms with E-state index < -0.39 is 0 Å². The van der Waals surface area contributed by atoms with Crippen molar-refractivity contribution < 1.29 is 13.9 Å². The molecule has 3 N–H and O–H groups in total. The van der Waals surface area contributed by atoms with E-state index >= 15 is 0 Å². The molecule has 0 heterocycles. The van der Waals surface area contributed by atoms with E-state index in [4.69, 9.17) is 10.5 Å². The number of likely N-dealkylation sites (N-methyl/N-ethyl adjacent to an activating group) is 1. The van der Waals surface area contributed by atoms with Crippen LogP contribution in [0.5, 0.6) is 0 Å². The molecule has 0 radical (unpaired) electrons. The Labute approximate surface area is 112 Å². The maximum Gasteiger partial charge on any atom is 0.239 e. The molecule has 19 heavy (non-hydrogen) atoms. The highest BCUT2D eigenvalue weighted by Crippen LogP contribution is 2.22. The van der Waals surface area contributed by atoms with Crippen molar-refractivity contribution in [1.29, 1.82) is 0 Å². The van der Waals surface area contributed by atoms with Crippen LogP contribution >= 0.6 is 0 Å². The Morgan fingerprint density at radius 3 is 2.89 bits per heavy atom. The number of nitrogens with one attached hydrogen (secondary N) is 1. The van der Waals surface area contributed by atoms with Gasteiger partial charge in [-0.05, 0) is 11.6 Å². The van der Waals surface area contributed by atoms with Crippen molar-refractivity contribution in [3.05, 3.63) is 29.6 Å². The first kappa shape index (κ1) is 15.4. The molecule has 0 saturated heterocycles. The summed E-state index contributed by atoms with van der Waals surface area (Å²) in [5.74, 6) is -0.569. The Bertz CT molecular complexity index is 426. The van der Waals surface area contributed by atoms with E-state index in [0.29, 0.717) is 24.4 Å². The van der Waals surface area contributed by atoms with E-state index in [1.54, 1.807) is 31.2 Å². The first-order valence-corrected chi connectivity index (χ1v) is 6.04. The molecule has 0 atom stereocenters. The first-order valence-electron chi connectivity index (χ1n) is 6.04. The van der Waals surface area contributed by atoms with Crippen molar-refractivity contribution in [3.8, 4) is 0 Å². The van der Waals surface area contributed by atoms with Crippen molar-refractivity contribution in [1.82, 2.24) is 5.32 Å². The molecule has 106 valence electrons. The summed E-state index contributed by atoms with van der Waals surface area (Å²) in [6.07, 6.45) is 0. The van der Waals surface area contributed by atoms with Gasteiger partial charge in [0.15, 0.2) is 0 Å². The second-order valence-corrected chi connectivity index (χ2v) is 4.15. The van der Waals surface area contributed by atoms with Crippen molar-refractivity contribution in [3.63, 3.8) is 0 Å². The van der Waals surface area contributed by atoms with E-state index in [2.05, 4.69) is 5.32 Å². The summed E-state index contributed by atoms with van der Waals surface area (Å²) in [6.45, 7) is 1.17. The normalized spacial score (nSPS) is 10.3. The fourth-order valence-corrected chi connectivity index (χ4v) is 1.80. The van der Waals surface area contributed by atoms with E-state index in [1.807, 2.05) is 0 Å². The molecule has 0 fully saturated rings. The van der Waals surface area contributed by atoms with Gasteiger partial charge in [-0.3, -0.25) is 4.79 Å². The molecule has 1 rings (SSSR count). The second-order valence-electron chi connectivity index (χ2n) is 4.15. The largest absolute Gasteiger partial charge is 0.383 e. The van der Waals surface area contributed by atoms with Crippen LogP contribution < -0.4 is 16.0 Å². The van der Waals surface area contributed by atoms with Crippen LogP contribution in [0.15, 0.2) is 18.2 Å². The van der Waals surface area contributed by atoms with Crippen LogP contribution in [-0.4, -0.2) is 39.8 Å². The zero-order chi connectivity index (χ0) is 14.3. The van der Waals surface area contributed by atoms with Gasteiger partial charge in [0.05, 0.1) is 18.8 Å². The van der Waals surface area contributed by atoms with Crippen LogP contribution in [0.1, 0.15) is 5.56 Å². The van der Waals surface area contributed by atoms with Gasteiger partial charge in [-0.2, -0.15) is 0 Å². The fourth-order valence-electron chi connectivity index (χ4n) is 1.80. The lowest BCUT2D eigenvalue weighted by atomic mass is 10.1. The number of benzene rings is 1. The quantitative estimate of drug-likeness (QED) is 0.707. The van der Waals surface area contributed by atoms with Gasteiger partial charge in [-0.15, -0.1) is 0 Å². The molecule has 0 aromatic heterocycles. The van der Waals surface area contributed by atoms with Crippen LogP contribution in [0.3, 0.4) is 0 Å². The molecule has 0 aliphatic rings. The number of para-hydroxylation sites is 1. The number of hydrogen-bond acceptors (Lipinski definition) is 4. The zero-order valence-electron chi connectivity index (χ0n) is 11.3. The Morgan fingerprint density at radius 1 is 1.53 bits per heavy atom. The SMILES string of the molecule is COCCNC(=O)CN(C)c1c(F)cccc1CN. The molecule has 0 aliphatic carbocycles. The number of nitrogens with two attached hydrogens (primary N) is 1. The number of hydrogen-bond donors (Lipinski definition) is 2. The lowest BCUT2D eigenvalue weighted by Gasteiger charge is -2.22. The number of methoxy groups -OCH3 is 1. The summed E-state index contributed by atoms with van der Waals surface area (Å²) in [5, 5.41) is 2.68. The lowest BCUT2D eigenvalue weighted by molar-refractivity contribution is -0.119. The summed E-state index contributed by atoms with van der Waals surface area (Å²) in [7, 11) is 3.22. The van der Waals surface area contributed by atoms with Crippen molar-refractivity contribution in [2.45, 2.75) is 6.54 Å². The average Bonchev–Trinajstić information content (AvgIpc) is 2.38. The fraction of sp³-hybridized carbons (Fsp3) is 0.462. The zero-order valence-corrected chi connectivity index (χ0v) is 11.3. The smallest absolute Gasteiger partial charge is 0.239 e. The summed E-state index contributed by atoms with van der Waals surface area (Å²) >= 11 is 0. The molecule has 6 heteroatoms. The van der Waals surface area contributed by atoms with Crippen LogP contribution in [0.4, 0.5) is 10.1 Å². The highest BCUT2D eigenvalue weighted by Gasteiger charge is 2.14. The van der Waals surface area contributed by atoms with Crippen molar-refractivity contribution >= 4 is 11.6 Å². The molecule has 5 nitrogen and oxygen atoms in total. The Hall–Kier alpha value is -1.66. The Balaban J connectivity index is 2.67. The Morgan fingerprint density at radius 2 is 2.26 bits per heavy atom. The van der Waals surface area contributed by atoms with E-state index in [0.717, 1.165) is 0 Å². The van der Waals surface area contributed by atoms with E-state index in [9.17, 15) is 9.18 Å². The minimum absolute atomic E-state index is 0.0671. The van der Waals surface area contributed by atoms with Gasteiger partial charge in [0, 0.05) is 27.2 Å². The van der Waals surface area contributed by atoms with Crippen molar-refractivity contribution in [2.24, 2.45) is 5.73 Å². The van der Waals surface area contributed by atoms with E-state index in [1.165, 1.54) is 6.07 Å². The van der Waals surface area contributed by atoms with Gasteiger partial charge in [-0.25, -0.2) is 4.39 Å². The molecule has 1 amide bonds. The third-order valence-corrected chi connectivity index (χ3v) is 2.68. The number of ether oxygens (including phenoxy) is 1. The van der Waals surface area contributed by atoms with Gasteiger partial charge in [-0.1, -0.05) is 12.1 Å². The topological polar surface area (TPSA) is 67.6 Å². The number of anilines is 1. The number of carbonyl (C=O) groups excluding carboxylic acids is 1. The Kier molecular flexibility index (Phi) is 6.24. The molecule has 0 unspecified atom stereocenters. The van der Waals surface area contributed by atoms with Gasteiger partial charge in [0.25, 0.3) is 0 Å². The molecule has 0 bridgehead atoms. The monoisotopic (exact) mass is 269 g/mol. The average molecular weight is 269 g/mol. The first-order chi connectivity index (χ1) is 9.10. The maximum absolute atomic E-state index is 13.8. The number of rotatable bonds is 7. The number of nitrogens with zero attached hydrogens (tertiary/aromatic N) is 1. The van der Waals surface area contributed by atoms with Crippen LogP contribution in [0.25, 0.3) is 0 Å². The number of halogens is 1. The van der Waals surface area contributed by atoms with Gasteiger partial charge in [0.2, 0.25) is 5.91 Å².